The second-order valence-corrected chi connectivity index (χ2v) is 7.07. The first-order valence-electron chi connectivity index (χ1n) is 10.6. The Hall–Kier alpha value is -3.92. The lowest BCUT2D eigenvalue weighted by molar-refractivity contribution is -0.118. The van der Waals surface area contributed by atoms with Crippen LogP contribution >= 0.6 is 0 Å². The second-order valence-electron chi connectivity index (χ2n) is 7.07. The van der Waals surface area contributed by atoms with Crippen LogP contribution in [0, 0.1) is 0 Å². The van der Waals surface area contributed by atoms with Gasteiger partial charge in [-0.05, 0) is 49.3 Å². The van der Waals surface area contributed by atoms with Gasteiger partial charge >= 0.3 is 0 Å². The minimum atomic E-state index is -0.261. The zero-order valence-corrected chi connectivity index (χ0v) is 19.1. The summed E-state index contributed by atoms with van der Waals surface area (Å²) in [6.45, 7) is 15.0. The molecule has 34 heavy (non-hydrogen) atoms. The number of furan rings is 1. The SMILES string of the molecule is C=CC(=O)NCC1CCC(CNC(=O)C=C)O1.C=CC(=O)NCc1ccc(CNC(=O)C=C)o1. The molecule has 184 valence electrons. The molecule has 1 aliphatic rings. The molecule has 2 unspecified atom stereocenters. The number of amides is 4. The number of hydrogen-bond donors (Lipinski definition) is 4. The van der Waals surface area contributed by atoms with Crippen LogP contribution in [-0.4, -0.2) is 48.9 Å². The van der Waals surface area contributed by atoms with Crippen LogP contribution in [0.25, 0.3) is 0 Å². The lowest BCUT2D eigenvalue weighted by Gasteiger charge is -2.14. The van der Waals surface area contributed by atoms with Crippen molar-refractivity contribution in [2.45, 2.75) is 38.1 Å². The Morgan fingerprint density at radius 1 is 0.706 bits per heavy atom. The molecule has 2 heterocycles. The molecule has 10 heteroatoms. The molecule has 0 radical (unpaired) electrons. The highest BCUT2D eigenvalue weighted by Gasteiger charge is 2.25. The summed E-state index contributed by atoms with van der Waals surface area (Å²) in [6, 6.07) is 3.47. The van der Waals surface area contributed by atoms with Crippen LogP contribution < -0.4 is 21.3 Å². The summed E-state index contributed by atoms with van der Waals surface area (Å²) in [7, 11) is 0. The highest BCUT2D eigenvalue weighted by atomic mass is 16.5. The maximum absolute atomic E-state index is 11.0. The average molecular weight is 473 g/mol. The molecular weight excluding hydrogens is 440 g/mol. The topological polar surface area (TPSA) is 139 Å². The van der Waals surface area contributed by atoms with Crippen molar-refractivity contribution >= 4 is 23.6 Å². The van der Waals surface area contributed by atoms with Gasteiger partial charge in [0.1, 0.15) is 11.5 Å². The predicted octanol–water partition coefficient (Wildman–Crippen LogP) is 1.02. The van der Waals surface area contributed by atoms with Gasteiger partial charge in [-0.1, -0.05) is 26.3 Å². The largest absolute Gasteiger partial charge is 0.462 e. The molecule has 1 aromatic heterocycles. The van der Waals surface area contributed by atoms with Gasteiger partial charge in [-0.2, -0.15) is 0 Å². The van der Waals surface area contributed by atoms with Crippen molar-refractivity contribution in [1.82, 2.24) is 21.3 Å². The van der Waals surface area contributed by atoms with Crippen LogP contribution in [0.15, 0.2) is 67.2 Å². The van der Waals surface area contributed by atoms with E-state index in [9.17, 15) is 19.2 Å². The molecule has 2 rings (SSSR count). The molecule has 0 aromatic carbocycles. The summed E-state index contributed by atoms with van der Waals surface area (Å²) < 4.78 is 11.0. The number of rotatable bonds is 12. The van der Waals surface area contributed by atoms with Gasteiger partial charge in [0.15, 0.2) is 0 Å². The van der Waals surface area contributed by atoms with Crippen molar-refractivity contribution in [3.63, 3.8) is 0 Å². The highest BCUT2D eigenvalue weighted by Crippen LogP contribution is 2.18. The molecule has 10 nitrogen and oxygen atoms in total. The fourth-order valence-corrected chi connectivity index (χ4v) is 2.76. The zero-order valence-electron chi connectivity index (χ0n) is 19.1. The Morgan fingerprint density at radius 3 is 1.41 bits per heavy atom. The summed E-state index contributed by atoms with van der Waals surface area (Å²) in [5.74, 6) is 0.311. The lowest BCUT2D eigenvalue weighted by Crippen LogP contribution is -2.34. The molecule has 4 amide bonds. The van der Waals surface area contributed by atoms with Gasteiger partial charge in [0.2, 0.25) is 23.6 Å². The molecule has 0 aliphatic carbocycles. The van der Waals surface area contributed by atoms with Crippen molar-refractivity contribution in [3.8, 4) is 0 Å². The number of carbonyl (C=O) groups is 4. The minimum absolute atomic E-state index is 0.0181. The Balaban J connectivity index is 0.000000340. The van der Waals surface area contributed by atoms with E-state index in [-0.39, 0.29) is 35.8 Å². The van der Waals surface area contributed by atoms with E-state index in [1.807, 2.05) is 0 Å². The van der Waals surface area contributed by atoms with Crippen molar-refractivity contribution < 1.29 is 28.3 Å². The van der Waals surface area contributed by atoms with Crippen LogP contribution in [-0.2, 0) is 37.0 Å². The maximum Gasteiger partial charge on any atom is 0.243 e. The van der Waals surface area contributed by atoms with Gasteiger partial charge in [-0.15, -0.1) is 0 Å². The van der Waals surface area contributed by atoms with Crippen molar-refractivity contribution in [2.75, 3.05) is 13.1 Å². The zero-order chi connectivity index (χ0) is 25.3. The van der Waals surface area contributed by atoms with Crippen molar-refractivity contribution in [1.29, 1.82) is 0 Å². The highest BCUT2D eigenvalue weighted by molar-refractivity contribution is 5.87. The quantitative estimate of drug-likeness (QED) is 0.335. The van der Waals surface area contributed by atoms with Gasteiger partial charge in [0, 0.05) is 13.1 Å². The Labute approximate surface area is 199 Å². The number of ether oxygens (including phenoxy) is 1. The smallest absolute Gasteiger partial charge is 0.243 e. The summed E-state index contributed by atoms with van der Waals surface area (Å²) in [4.78, 5) is 43.7. The molecule has 1 saturated heterocycles. The van der Waals surface area contributed by atoms with Crippen LogP contribution in [0.5, 0.6) is 0 Å². The van der Waals surface area contributed by atoms with Crippen molar-refractivity contribution in [2.24, 2.45) is 0 Å². The Kier molecular flexibility index (Phi) is 13.1. The molecule has 1 aliphatic heterocycles. The van der Waals surface area contributed by atoms with Gasteiger partial charge < -0.3 is 30.4 Å². The molecule has 4 N–H and O–H groups in total. The monoisotopic (exact) mass is 472 g/mol. The van der Waals surface area contributed by atoms with E-state index in [1.165, 1.54) is 24.3 Å². The average Bonchev–Trinajstić information content (AvgIpc) is 3.52. The number of hydrogen-bond acceptors (Lipinski definition) is 6. The van der Waals surface area contributed by atoms with E-state index >= 15 is 0 Å². The molecule has 2 atom stereocenters. The molecule has 0 saturated carbocycles. The second kappa shape index (κ2) is 15.8. The molecule has 0 bridgehead atoms. The Bertz CT molecular complexity index is 823. The van der Waals surface area contributed by atoms with E-state index in [4.69, 9.17) is 9.15 Å². The van der Waals surface area contributed by atoms with Crippen LogP contribution in [0.3, 0.4) is 0 Å². The lowest BCUT2D eigenvalue weighted by atomic mass is 10.2. The Morgan fingerprint density at radius 2 is 1.06 bits per heavy atom. The van der Waals surface area contributed by atoms with Gasteiger partial charge in [0.05, 0.1) is 25.3 Å². The van der Waals surface area contributed by atoms with Gasteiger partial charge in [-0.3, -0.25) is 19.2 Å². The standard InChI is InChI=1S/C12H18N2O3.C12H14N2O3/c2*1-3-11(15)13-7-9-5-6-10(17-9)8-14-12(16)4-2/h3-4,9-10H,1-2,5-8H2,(H,13,15)(H,14,16);3-6H,1-2,7-8H2,(H,13,15)(H,14,16). The van der Waals surface area contributed by atoms with Crippen LogP contribution in [0.4, 0.5) is 0 Å². The van der Waals surface area contributed by atoms with E-state index < -0.39 is 0 Å². The summed E-state index contributed by atoms with van der Waals surface area (Å²) >= 11 is 0. The first-order chi connectivity index (χ1) is 16.3. The van der Waals surface area contributed by atoms with Gasteiger partial charge in [0.25, 0.3) is 0 Å². The van der Waals surface area contributed by atoms with Crippen LogP contribution in [0.2, 0.25) is 0 Å². The van der Waals surface area contributed by atoms with E-state index in [1.54, 1.807) is 12.1 Å². The number of carbonyl (C=O) groups excluding carboxylic acids is 4. The predicted molar refractivity (Wildman–Crippen MR) is 127 cm³/mol. The van der Waals surface area contributed by atoms with E-state index in [0.717, 1.165) is 12.8 Å². The third kappa shape index (κ3) is 11.6. The first-order valence-corrected chi connectivity index (χ1v) is 10.6. The van der Waals surface area contributed by atoms with E-state index in [0.29, 0.717) is 37.7 Å². The van der Waals surface area contributed by atoms with Crippen LogP contribution in [0.1, 0.15) is 24.4 Å². The summed E-state index contributed by atoms with van der Waals surface area (Å²) in [6.07, 6.45) is 6.64. The van der Waals surface area contributed by atoms with Gasteiger partial charge in [-0.25, -0.2) is 0 Å². The normalized spacial score (nSPS) is 16.1. The maximum atomic E-state index is 11.0. The minimum Gasteiger partial charge on any atom is -0.462 e. The number of nitrogens with one attached hydrogen (secondary N) is 4. The van der Waals surface area contributed by atoms with E-state index in [2.05, 4.69) is 47.6 Å². The molecule has 0 spiro atoms. The first kappa shape index (κ1) is 28.1. The fourth-order valence-electron chi connectivity index (χ4n) is 2.76. The molecule has 1 aromatic rings. The third-order valence-electron chi connectivity index (χ3n) is 4.54. The van der Waals surface area contributed by atoms with Crippen molar-refractivity contribution in [3.05, 3.63) is 74.3 Å². The molecule has 1 fully saturated rings. The third-order valence-corrected chi connectivity index (χ3v) is 4.54. The summed E-state index contributed by atoms with van der Waals surface area (Å²) in [5, 5.41) is 10.5. The molecular formula is C24H32N4O6. The fraction of sp³-hybridized carbons (Fsp3) is 0.333. The summed E-state index contributed by atoms with van der Waals surface area (Å²) in [5.41, 5.74) is 0.